The van der Waals surface area contributed by atoms with Gasteiger partial charge in [0.2, 0.25) is 5.91 Å². The molecule has 5 heteroatoms. The molecule has 0 radical (unpaired) electrons. The SMILES string of the molecule is CCCC(=O)N1CCN(C[C@H](O)COCC)CC1. The van der Waals surface area contributed by atoms with Crippen LogP contribution in [0.15, 0.2) is 0 Å². The molecule has 1 heterocycles. The van der Waals surface area contributed by atoms with Crippen LogP contribution in [-0.2, 0) is 9.53 Å². The van der Waals surface area contributed by atoms with Crippen LogP contribution in [0.25, 0.3) is 0 Å². The standard InChI is InChI=1S/C13H26N2O3/c1-3-5-13(17)15-8-6-14(7-9-15)10-12(16)11-18-4-2/h12,16H,3-11H2,1-2H3/t12-/m0/s1. The van der Waals surface area contributed by atoms with E-state index >= 15 is 0 Å². The van der Waals surface area contributed by atoms with Gasteiger partial charge in [0.15, 0.2) is 0 Å². The lowest BCUT2D eigenvalue weighted by atomic mass is 10.2. The van der Waals surface area contributed by atoms with Crippen LogP contribution in [0.5, 0.6) is 0 Å². The molecule has 1 rings (SSSR count). The van der Waals surface area contributed by atoms with E-state index in [2.05, 4.69) is 4.90 Å². The van der Waals surface area contributed by atoms with Gasteiger partial charge in [-0.2, -0.15) is 0 Å². The van der Waals surface area contributed by atoms with Crippen molar-refractivity contribution >= 4 is 5.91 Å². The number of β-amino-alcohol motifs (C(OH)–C–C–N with tert-alkyl or cyclic N) is 1. The highest BCUT2D eigenvalue weighted by atomic mass is 16.5. The van der Waals surface area contributed by atoms with Crippen LogP contribution in [0.3, 0.4) is 0 Å². The van der Waals surface area contributed by atoms with Crippen molar-refractivity contribution in [3.63, 3.8) is 0 Å². The summed E-state index contributed by atoms with van der Waals surface area (Å²) in [7, 11) is 0. The quantitative estimate of drug-likeness (QED) is 0.715. The number of carbonyl (C=O) groups is 1. The van der Waals surface area contributed by atoms with Gasteiger partial charge in [-0.25, -0.2) is 0 Å². The van der Waals surface area contributed by atoms with E-state index in [-0.39, 0.29) is 5.91 Å². The van der Waals surface area contributed by atoms with E-state index in [4.69, 9.17) is 4.74 Å². The van der Waals surface area contributed by atoms with Crippen molar-refractivity contribution in [2.24, 2.45) is 0 Å². The maximum atomic E-state index is 11.7. The average Bonchev–Trinajstić information content (AvgIpc) is 2.37. The molecule has 1 N–H and O–H groups in total. The van der Waals surface area contributed by atoms with E-state index in [0.717, 1.165) is 32.6 Å². The predicted octanol–water partition coefficient (Wildman–Crippen LogP) is 0.328. The van der Waals surface area contributed by atoms with E-state index in [1.54, 1.807) is 0 Å². The Hall–Kier alpha value is -0.650. The minimum atomic E-state index is -0.428. The number of amides is 1. The minimum absolute atomic E-state index is 0.256. The number of aliphatic hydroxyl groups excluding tert-OH is 1. The second-order valence-electron chi connectivity index (χ2n) is 4.74. The van der Waals surface area contributed by atoms with Crippen LogP contribution in [0.4, 0.5) is 0 Å². The van der Waals surface area contributed by atoms with E-state index in [1.807, 2.05) is 18.7 Å². The lowest BCUT2D eigenvalue weighted by Gasteiger charge is -2.35. The molecular formula is C13H26N2O3. The molecule has 1 aliphatic rings. The third kappa shape index (κ3) is 5.33. The van der Waals surface area contributed by atoms with Gasteiger partial charge in [-0.05, 0) is 13.3 Å². The van der Waals surface area contributed by atoms with Gasteiger partial charge in [-0.1, -0.05) is 6.92 Å². The summed E-state index contributed by atoms with van der Waals surface area (Å²) in [6, 6.07) is 0. The summed E-state index contributed by atoms with van der Waals surface area (Å²) >= 11 is 0. The molecule has 0 spiro atoms. The molecule has 0 aromatic heterocycles. The molecule has 0 aliphatic carbocycles. The van der Waals surface area contributed by atoms with Crippen LogP contribution in [0, 0.1) is 0 Å². The number of aliphatic hydroxyl groups is 1. The lowest BCUT2D eigenvalue weighted by Crippen LogP contribution is -2.50. The summed E-state index contributed by atoms with van der Waals surface area (Å²) < 4.78 is 5.19. The summed E-state index contributed by atoms with van der Waals surface area (Å²) in [5.74, 6) is 0.256. The Kier molecular flexibility index (Phi) is 7.23. The Labute approximate surface area is 110 Å². The molecular weight excluding hydrogens is 232 g/mol. The second kappa shape index (κ2) is 8.45. The molecule has 0 unspecified atom stereocenters. The topological polar surface area (TPSA) is 53.0 Å². The third-order valence-corrected chi connectivity index (χ3v) is 3.17. The highest BCUT2D eigenvalue weighted by Gasteiger charge is 2.21. The Morgan fingerprint density at radius 3 is 2.50 bits per heavy atom. The van der Waals surface area contributed by atoms with Crippen molar-refractivity contribution in [2.45, 2.75) is 32.8 Å². The van der Waals surface area contributed by atoms with Crippen molar-refractivity contribution in [3.8, 4) is 0 Å². The average molecular weight is 258 g/mol. The van der Waals surface area contributed by atoms with Crippen molar-refractivity contribution < 1.29 is 14.6 Å². The van der Waals surface area contributed by atoms with Crippen LogP contribution >= 0.6 is 0 Å². The first-order valence-corrected chi connectivity index (χ1v) is 6.93. The summed E-state index contributed by atoms with van der Waals surface area (Å²) in [6.45, 7) is 8.86. The molecule has 106 valence electrons. The zero-order valence-electron chi connectivity index (χ0n) is 11.6. The molecule has 0 bridgehead atoms. The summed E-state index contributed by atoms with van der Waals surface area (Å²) in [5.41, 5.74) is 0. The van der Waals surface area contributed by atoms with Crippen LogP contribution in [-0.4, -0.2) is 72.9 Å². The summed E-state index contributed by atoms with van der Waals surface area (Å²) in [5, 5.41) is 9.74. The molecule has 1 atom stereocenters. The van der Waals surface area contributed by atoms with Gasteiger partial charge in [0, 0.05) is 45.8 Å². The lowest BCUT2D eigenvalue weighted by molar-refractivity contribution is -0.133. The van der Waals surface area contributed by atoms with Crippen molar-refractivity contribution in [1.82, 2.24) is 9.80 Å². The van der Waals surface area contributed by atoms with E-state index in [1.165, 1.54) is 0 Å². The first-order valence-electron chi connectivity index (χ1n) is 6.93. The van der Waals surface area contributed by atoms with Crippen LogP contribution in [0.2, 0.25) is 0 Å². The van der Waals surface area contributed by atoms with Crippen molar-refractivity contribution in [2.75, 3.05) is 45.9 Å². The fourth-order valence-electron chi connectivity index (χ4n) is 2.16. The molecule has 0 saturated carbocycles. The normalized spacial score (nSPS) is 18.9. The van der Waals surface area contributed by atoms with Gasteiger partial charge >= 0.3 is 0 Å². The minimum Gasteiger partial charge on any atom is -0.389 e. The number of hydrogen-bond donors (Lipinski definition) is 1. The predicted molar refractivity (Wildman–Crippen MR) is 70.4 cm³/mol. The molecule has 0 aromatic carbocycles. The molecule has 1 fully saturated rings. The molecule has 18 heavy (non-hydrogen) atoms. The highest BCUT2D eigenvalue weighted by Crippen LogP contribution is 2.06. The highest BCUT2D eigenvalue weighted by molar-refractivity contribution is 5.76. The Morgan fingerprint density at radius 1 is 1.28 bits per heavy atom. The fraction of sp³-hybridized carbons (Fsp3) is 0.923. The second-order valence-corrected chi connectivity index (χ2v) is 4.74. The van der Waals surface area contributed by atoms with Gasteiger partial charge in [0.1, 0.15) is 0 Å². The summed E-state index contributed by atoms with van der Waals surface area (Å²) in [6.07, 6.45) is 1.13. The Balaban J connectivity index is 2.20. The largest absolute Gasteiger partial charge is 0.389 e. The van der Waals surface area contributed by atoms with Gasteiger partial charge in [-0.3, -0.25) is 9.69 Å². The number of ether oxygens (including phenoxy) is 1. The third-order valence-electron chi connectivity index (χ3n) is 3.17. The number of nitrogens with zero attached hydrogens (tertiary/aromatic N) is 2. The van der Waals surface area contributed by atoms with Gasteiger partial charge < -0.3 is 14.7 Å². The van der Waals surface area contributed by atoms with Crippen molar-refractivity contribution in [1.29, 1.82) is 0 Å². The zero-order chi connectivity index (χ0) is 13.4. The van der Waals surface area contributed by atoms with Crippen molar-refractivity contribution in [3.05, 3.63) is 0 Å². The number of hydrogen-bond acceptors (Lipinski definition) is 4. The maximum Gasteiger partial charge on any atom is 0.222 e. The first kappa shape index (κ1) is 15.4. The van der Waals surface area contributed by atoms with Gasteiger partial charge in [0.05, 0.1) is 12.7 Å². The number of piperazine rings is 1. The summed E-state index contributed by atoms with van der Waals surface area (Å²) in [4.78, 5) is 15.8. The van der Waals surface area contributed by atoms with E-state index in [9.17, 15) is 9.90 Å². The molecule has 5 nitrogen and oxygen atoms in total. The smallest absolute Gasteiger partial charge is 0.222 e. The van der Waals surface area contributed by atoms with Gasteiger partial charge in [0.25, 0.3) is 0 Å². The van der Waals surface area contributed by atoms with E-state index < -0.39 is 6.10 Å². The van der Waals surface area contributed by atoms with Crippen LogP contribution in [0.1, 0.15) is 26.7 Å². The molecule has 0 aromatic rings. The molecule has 1 saturated heterocycles. The fourth-order valence-corrected chi connectivity index (χ4v) is 2.16. The maximum absolute atomic E-state index is 11.7. The van der Waals surface area contributed by atoms with Crippen LogP contribution < -0.4 is 0 Å². The van der Waals surface area contributed by atoms with Gasteiger partial charge in [-0.15, -0.1) is 0 Å². The van der Waals surface area contributed by atoms with E-state index in [0.29, 0.717) is 26.2 Å². The Morgan fingerprint density at radius 2 is 1.94 bits per heavy atom. The number of carbonyl (C=O) groups excluding carboxylic acids is 1. The number of rotatable bonds is 7. The monoisotopic (exact) mass is 258 g/mol. The first-order chi connectivity index (χ1) is 8.67. The zero-order valence-corrected chi connectivity index (χ0v) is 11.6. The Bertz CT molecular complexity index is 240. The molecule has 1 amide bonds. The molecule has 1 aliphatic heterocycles.